The molecule has 1 atom stereocenters. The fourth-order valence-electron chi connectivity index (χ4n) is 2.90. The van der Waals surface area contributed by atoms with E-state index in [-0.39, 0.29) is 16.4 Å². The Labute approximate surface area is 147 Å². The van der Waals surface area contributed by atoms with Crippen molar-refractivity contribution in [2.45, 2.75) is 17.7 Å². The smallest absolute Gasteiger partial charge is 0.254 e. The van der Waals surface area contributed by atoms with E-state index >= 15 is 0 Å². The summed E-state index contributed by atoms with van der Waals surface area (Å²) in [5, 5.41) is 7.70. The number of benzene rings is 1. The predicted molar refractivity (Wildman–Crippen MR) is 91.1 cm³/mol. The Hall–Kier alpha value is -1.55. The fraction of sp³-hybridized carbons (Fsp3) is 0.562. The number of carbonyl (C=O) groups excluding carboxylic acids is 1. The Kier molecular flexibility index (Phi) is 6.88. The molecule has 1 saturated heterocycles. The molecular weight excluding hydrogens is 349 g/mol. The van der Waals surface area contributed by atoms with E-state index in [2.05, 4.69) is 10.2 Å². The first-order valence-corrected chi connectivity index (χ1v) is 9.67. The zero-order chi connectivity index (χ0) is 18.4. The van der Waals surface area contributed by atoms with Crippen LogP contribution in [0.3, 0.4) is 0 Å². The maximum absolute atomic E-state index is 13.8. The summed E-state index contributed by atoms with van der Waals surface area (Å²) >= 11 is 0. The fourth-order valence-corrected chi connectivity index (χ4v) is 3.44. The van der Waals surface area contributed by atoms with Crippen LogP contribution in [0.5, 0.6) is 0 Å². The minimum atomic E-state index is -3.99. The van der Waals surface area contributed by atoms with Crippen LogP contribution in [0, 0.1) is 11.7 Å². The number of amides is 1. The number of ether oxygens (including phenoxy) is 1. The predicted octanol–water partition coefficient (Wildman–Crippen LogP) is 0.561. The summed E-state index contributed by atoms with van der Waals surface area (Å²) in [6.07, 6.45) is 1.91. The standard InChI is InChI=1S/C16H24FN3O4S/c1-24-8-2-6-20-7-5-12(11-20)10-19-16(21)14-9-13(25(18,22)23)3-4-15(14)17/h3-4,9,12H,2,5-8,10-11H2,1H3,(H,19,21)(H2,18,22,23)/t12-/m0/s1. The quantitative estimate of drug-likeness (QED) is 0.649. The van der Waals surface area contributed by atoms with Crippen molar-refractivity contribution >= 4 is 15.9 Å². The van der Waals surface area contributed by atoms with Crippen molar-refractivity contribution < 1.29 is 22.3 Å². The van der Waals surface area contributed by atoms with Crippen molar-refractivity contribution in [2.75, 3.05) is 39.9 Å². The molecule has 1 heterocycles. The van der Waals surface area contributed by atoms with Gasteiger partial charge >= 0.3 is 0 Å². The van der Waals surface area contributed by atoms with Crippen LogP contribution in [0.4, 0.5) is 4.39 Å². The van der Waals surface area contributed by atoms with Crippen molar-refractivity contribution in [3.63, 3.8) is 0 Å². The van der Waals surface area contributed by atoms with Crippen LogP contribution in [-0.4, -0.2) is 59.1 Å². The average molecular weight is 373 g/mol. The molecule has 0 radical (unpaired) electrons. The number of nitrogens with two attached hydrogens (primary N) is 1. The van der Waals surface area contributed by atoms with Gasteiger partial charge in [0.15, 0.2) is 0 Å². The molecule has 140 valence electrons. The largest absolute Gasteiger partial charge is 0.385 e. The SMILES string of the molecule is COCCCN1CC[C@@H](CNC(=O)c2cc(S(N)(=O)=O)ccc2F)C1. The Balaban J connectivity index is 1.89. The molecule has 0 bridgehead atoms. The third kappa shape index (κ3) is 5.74. The van der Waals surface area contributed by atoms with Crippen molar-refractivity contribution in [2.24, 2.45) is 11.1 Å². The number of carbonyl (C=O) groups is 1. The highest BCUT2D eigenvalue weighted by Gasteiger charge is 2.23. The van der Waals surface area contributed by atoms with Crippen molar-refractivity contribution in [1.29, 1.82) is 0 Å². The van der Waals surface area contributed by atoms with Gasteiger partial charge in [0, 0.05) is 33.4 Å². The van der Waals surface area contributed by atoms with E-state index in [1.54, 1.807) is 7.11 Å². The number of primary sulfonamides is 1. The number of likely N-dealkylation sites (tertiary alicyclic amines) is 1. The maximum atomic E-state index is 13.8. The summed E-state index contributed by atoms with van der Waals surface area (Å²) in [5.41, 5.74) is -0.318. The first-order valence-electron chi connectivity index (χ1n) is 8.13. The van der Waals surface area contributed by atoms with E-state index in [0.29, 0.717) is 6.54 Å². The van der Waals surface area contributed by atoms with Crippen LogP contribution in [-0.2, 0) is 14.8 Å². The molecular formula is C16H24FN3O4S. The molecule has 1 amide bonds. The first-order chi connectivity index (χ1) is 11.8. The minimum absolute atomic E-state index is 0.288. The number of nitrogens with one attached hydrogen (secondary N) is 1. The Morgan fingerprint density at radius 1 is 1.48 bits per heavy atom. The second kappa shape index (κ2) is 8.70. The molecule has 9 heteroatoms. The lowest BCUT2D eigenvalue weighted by Gasteiger charge is -2.16. The Morgan fingerprint density at radius 2 is 2.24 bits per heavy atom. The second-order valence-electron chi connectivity index (χ2n) is 6.20. The van der Waals surface area contributed by atoms with E-state index in [1.165, 1.54) is 0 Å². The van der Waals surface area contributed by atoms with Crippen LogP contribution in [0.2, 0.25) is 0 Å². The summed E-state index contributed by atoms with van der Waals surface area (Å²) in [7, 11) is -2.32. The molecule has 1 aliphatic heterocycles. The number of halogens is 1. The molecule has 25 heavy (non-hydrogen) atoms. The summed E-state index contributed by atoms with van der Waals surface area (Å²) in [4.78, 5) is 14.2. The lowest BCUT2D eigenvalue weighted by atomic mass is 10.1. The van der Waals surface area contributed by atoms with Gasteiger partial charge in [-0.2, -0.15) is 0 Å². The summed E-state index contributed by atoms with van der Waals surface area (Å²) < 4.78 is 41.5. The van der Waals surface area contributed by atoms with Gasteiger partial charge in [0.05, 0.1) is 10.5 Å². The molecule has 0 saturated carbocycles. The van der Waals surface area contributed by atoms with Crippen LogP contribution in [0.25, 0.3) is 0 Å². The molecule has 2 rings (SSSR count). The van der Waals surface area contributed by atoms with Crippen LogP contribution < -0.4 is 10.5 Å². The number of hydrogen-bond donors (Lipinski definition) is 2. The van der Waals surface area contributed by atoms with E-state index in [0.717, 1.165) is 57.3 Å². The molecule has 1 aromatic carbocycles. The first kappa shape index (κ1) is 19.8. The van der Waals surface area contributed by atoms with E-state index in [4.69, 9.17) is 9.88 Å². The number of rotatable bonds is 8. The summed E-state index contributed by atoms with van der Waals surface area (Å²) in [5.74, 6) is -1.13. The normalized spacial score (nSPS) is 18.4. The number of sulfonamides is 1. The molecule has 1 aliphatic rings. The summed E-state index contributed by atoms with van der Waals surface area (Å²) in [6, 6.07) is 2.93. The molecule has 0 spiro atoms. The Bertz CT molecular complexity index is 711. The lowest BCUT2D eigenvalue weighted by Crippen LogP contribution is -2.32. The van der Waals surface area contributed by atoms with Gasteiger partial charge in [-0.25, -0.2) is 17.9 Å². The van der Waals surface area contributed by atoms with Crippen LogP contribution in [0.15, 0.2) is 23.1 Å². The van der Waals surface area contributed by atoms with Gasteiger partial charge in [-0.15, -0.1) is 0 Å². The molecule has 1 aromatic rings. The third-order valence-electron chi connectivity index (χ3n) is 4.26. The molecule has 3 N–H and O–H groups in total. The van der Waals surface area contributed by atoms with E-state index in [9.17, 15) is 17.6 Å². The molecule has 1 fully saturated rings. The van der Waals surface area contributed by atoms with E-state index < -0.39 is 21.7 Å². The number of methoxy groups -OCH3 is 1. The zero-order valence-electron chi connectivity index (χ0n) is 14.2. The zero-order valence-corrected chi connectivity index (χ0v) is 15.0. The summed E-state index contributed by atoms with van der Waals surface area (Å²) in [6.45, 7) is 3.91. The maximum Gasteiger partial charge on any atom is 0.254 e. The van der Waals surface area contributed by atoms with Crippen molar-refractivity contribution in [3.05, 3.63) is 29.6 Å². The minimum Gasteiger partial charge on any atom is -0.385 e. The Morgan fingerprint density at radius 3 is 2.92 bits per heavy atom. The van der Waals surface area contributed by atoms with Crippen LogP contribution >= 0.6 is 0 Å². The van der Waals surface area contributed by atoms with Gasteiger partial charge in [0.25, 0.3) is 5.91 Å². The van der Waals surface area contributed by atoms with Gasteiger partial charge in [0.2, 0.25) is 10.0 Å². The van der Waals surface area contributed by atoms with E-state index in [1.807, 2.05) is 0 Å². The topological polar surface area (TPSA) is 102 Å². The van der Waals surface area contributed by atoms with Gasteiger partial charge in [-0.05, 0) is 43.5 Å². The monoisotopic (exact) mass is 373 g/mol. The highest BCUT2D eigenvalue weighted by molar-refractivity contribution is 7.89. The van der Waals surface area contributed by atoms with Gasteiger partial charge in [-0.1, -0.05) is 0 Å². The highest BCUT2D eigenvalue weighted by atomic mass is 32.2. The van der Waals surface area contributed by atoms with Crippen LogP contribution in [0.1, 0.15) is 23.2 Å². The van der Waals surface area contributed by atoms with Gasteiger partial charge in [0.1, 0.15) is 5.82 Å². The molecule has 0 aliphatic carbocycles. The molecule has 0 aromatic heterocycles. The molecule has 7 nitrogen and oxygen atoms in total. The van der Waals surface area contributed by atoms with Gasteiger partial charge in [-0.3, -0.25) is 4.79 Å². The van der Waals surface area contributed by atoms with Crippen molar-refractivity contribution in [3.8, 4) is 0 Å². The third-order valence-corrected chi connectivity index (χ3v) is 5.17. The van der Waals surface area contributed by atoms with Crippen molar-refractivity contribution in [1.82, 2.24) is 10.2 Å². The molecule has 0 unspecified atom stereocenters. The number of hydrogen-bond acceptors (Lipinski definition) is 5. The van der Waals surface area contributed by atoms with Gasteiger partial charge < -0.3 is 15.0 Å². The highest BCUT2D eigenvalue weighted by Crippen LogP contribution is 2.17. The lowest BCUT2D eigenvalue weighted by molar-refractivity contribution is 0.0943. The second-order valence-corrected chi connectivity index (χ2v) is 7.76. The average Bonchev–Trinajstić information content (AvgIpc) is 3.00. The number of nitrogens with zero attached hydrogens (tertiary/aromatic N) is 1.